The predicted molar refractivity (Wildman–Crippen MR) is 150 cm³/mol. The van der Waals surface area contributed by atoms with Crippen LogP contribution >= 0.6 is 46.4 Å². The highest BCUT2D eigenvalue weighted by Crippen LogP contribution is 2.50. The van der Waals surface area contributed by atoms with E-state index in [1.807, 2.05) is 0 Å². The Bertz CT molecular complexity index is 1610. The fraction of sp³-hybridized carbons (Fsp3) is 0.0400. The first-order valence-corrected chi connectivity index (χ1v) is 15.0. The molecule has 0 fully saturated rings. The Morgan fingerprint density at radius 1 is 0.595 bits per heavy atom. The fourth-order valence-corrected chi connectivity index (χ4v) is 7.43. The van der Waals surface area contributed by atoms with Crippen LogP contribution in [0.15, 0.2) is 101 Å². The Hall–Kier alpha value is -2.46. The van der Waals surface area contributed by atoms with Crippen LogP contribution in [0.1, 0.15) is 5.56 Å². The molecule has 192 valence electrons. The molecule has 0 aromatic heterocycles. The summed E-state index contributed by atoms with van der Waals surface area (Å²) < 4.78 is 56.7. The summed E-state index contributed by atoms with van der Waals surface area (Å²) in [4.78, 5) is -0.0602. The maximum absolute atomic E-state index is 13.8. The van der Waals surface area contributed by atoms with Gasteiger partial charge < -0.3 is 0 Å². The molecular formula is C25H18Cl4N2O4S2. The lowest BCUT2D eigenvalue weighted by Gasteiger charge is -2.28. The van der Waals surface area contributed by atoms with Gasteiger partial charge in [-0.25, -0.2) is 16.8 Å². The van der Waals surface area contributed by atoms with Crippen LogP contribution in [-0.2, 0) is 26.6 Å². The van der Waals surface area contributed by atoms with Crippen molar-refractivity contribution in [2.75, 3.05) is 9.03 Å². The summed E-state index contributed by atoms with van der Waals surface area (Å²) in [6.07, 6.45) is 0. The minimum atomic E-state index is -4.21. The first-order valence-electron chi connectivity index (χ1n) is 10.6. The third kappa shape index (κ3) is 5.70. The van der Waals surface area contributed by atoms with Crippen molar-refractivity contribution in [2.24, 2.45) is 0 Å². The first-order chi connectivity index (χ1) is 17.5. The van der Waals surface area contributed by atoms with Gasteiger partial charge in [0.2, 0.25) is 0 Å². The van der Waals surface area contributed by atoms with Gasteiger partial charge in [-0.05, 0) is 29.8 Å². The second-order valence-corrected chi connectivity index (χ2v) is 12.8. The van der Waals surface area contributed by atoms with Crippen LogP contribution in [0, 0.1) is 0 Å². The van der Waals surface area contributed by atoms with Crippen molar-refractivity contribution in [1.29, 1.82) is 0 Å². The number of nitrogens with zero attached hydrogens (tertiary/aromatic N) is 1. The molecule has 1 N–H and O–H groups in total. The Kier molecular flexibility index (Phi) is 8.28. The summed E-state index contributed by atoms with van der Waals surface area (Å²) >= 11 is 26.2. The van der Waals surface area contributed by atoms with E-state index in [1.165, 1.54) is 24.3 Å². The molecule has 0 bridgehead atoms. The van der Waals surface area contributed by atoms with Gasteiger partial charge in [0.15, 0.2) is 0 Å². The number of sulfonamides is 2. The summed E-state index contributed by atoms with van der Waals surface area (Å²) in [5, 5.41) is -1.21. The van der Waals surface area contributed by atoms with Gasteiger partial charge >= 0.3 is 0 Å². The molecular weight excluding hydrogens is 598 g/mol. The quantitative estimate of drug-likeness (QED) is 0.208. The number of halogens is 4. The molecule has 0 saturated heterocycles. The number of hydrogen-bond acceptors (Lipinski definition) is 4. The largest absolute Gasteiger partial charge is 0.276 e. The molecule has 0 amide bonds. The van der Waals surface area contributed by atoms with Gasteiger partial charge in [0.25, 0.3) is 20.0 Å². The van der Waals surface area contributed by atoms with Crippen LogP contribution < -0.4 is 9.03 Å². The van der Waals surface area contributed by atoms with E-state index in [4.69, 9.17) is 46.4 Å². The van der Waals surface area contributed by atoms with Crippen LogP contribution in [0.2, 0.25) is 20.1 Å². The number of hydrogen-bond donors (Lipinski definition) is 1. The van der Waals surface area contributed by atoms with Gasteiger partial charge in [0.1, 0.15) is 0 Å². The van der Waals surface area contributed by atoms with E-state index in [2.05, 4.69) is 4.72 Å². The minimum Gasteiger partial charge on any atom is -0.276 e. The van der Waals surface area contributed by atoms with Crippen molar-refractivity contribution < 1.29 is 16.8 Å². The van der Waals surface area contributed by atoms with E-state index in [0.717, 1.165) is 4.31 Å². The van der Waals surface area contributed by atoms with Crippen molar-refractivity contribution in [1.82, 2.24) is 0 Å². The standard InChI is InChI=1S/C25H18Cl4N2O4S2/c26-20-22(28)25(23(29)21(27)24(20)30-36(32,33)18-12-6-2-7-13-18)31(16-17-10-4-1-5-11-17)37(34,35)19-14-8-3-9-15-19/h1-15,30H,16H2. The molecule has 0 atom stereocenters. The molecule has 4 rings (SSSR count). The van der Waals surface area contributed by atoms with Crippen LogP contribution in [0.25, 0.3) is 0 Å². The Balaban J connectivity index is 1.89. The highest BCUT2D eigenvalue weighted by atomic mass is 35.5. The van der Waals surface area contributed by atoms with Gasteiger partial charge in [-0.3, -0.25) is 9.03 Å². The second kappa shape index (κ2) is 11.1. The van der Waals surface area contributed by atoms with E-state index in [1.54, 1.807) is 66.7 Å². The van der Waals surface area contributed by atoms with E-state index < -0.39 is 20.0 Å². The van der Waals surface area contributed by atoms with Crippen molar-refractivity contribution in [2.45, 2.75) is 16.3 Å². The van der Waals surface area contributed by atoms with Gasteiger partial charge in [0.05, 0.1) is 47.8 Å². The zero-order valence-electron chi connectivity index (χ0n) is 18.8. The smallest absolute Gasteiger partial charge is 0.264 e. The molecule has 0 aliphatic heterocycles. The highest BCUT2D eigenvalue weighted by Gasteiger charge is 2.33. The van der Waals surface area contributed by atoms with Crippen molar-refractivity contribution in [3.05, 3.63) is 117 Å². The number of anilines is 2. The molecule has 6 nitrogen and oxygen atoms in total. The average Bonchev–Trinajstić information content (AvgIpc) is 2.91. The number of rotatable bonds is 8. The maximum Gasteiger partial charge on any atom is 0.264 e. The fourth-order valence-electron chi connectivity index (χ4n) is 3.47. The molecule has 4 aromatic rings. The van der Waals surface area contributed by atoms with E-state index >= 15 is 0 Å². The molecule has 0 spiro atoms. The SMILES string of the molecule is O=S(=O)(Nc1c(Cl)c(Cl)c(N(Cc2ccccc2)S(=O)(=O)c2ccccc2)c(Cl)c1Cl)c1ccccc1. The van der Waals surface area contributed by atoms with Crippen LogP contribution in [0.3, 0.4) is 0 Å². The zero-order valence-corrected chi connectivity index (χ0v) is 23.4. The molecule has 0 heterocycles. The van der Waals surface area contributed by atoms with Gasteiger partial charge in [-0.1, -0.05) is 113 Å². The minimum absolute atomic E-state index is 0.0147. The normalized spacial score (nSPS) is 11.8. The van der Waals surface area contributed by atoms with Crippen LogP contribution in [0.5, 0.6) is 0 Å². The highest BCUT2D eigenvalue weighted by molar-refractivity contribution is 7.93. The average molecular weight is 616 g/mol. The second-order valence-electron chi connectivity index (χ2n) is 7.71. The van der Waals surface area contributed by atoms with Crippen LogP contribution in [0.4, 0.5) is 11.4 Å². The lowest BCUT2D eigenvalue weighted by Crippen LogP contribution is -2.31. The van der Waals surface area contributed by atoms with E-state index in [9.17, 15) is 16.8 Å². The Morgan fingerprint density at radius 2 is 1.03 bits per heavy atom. The lowest BCUT2D eigenvalue weighted by atomic mass is 10.2. The molecule has 0 aliphatic rings. The monoisotopic (exact) mass is 614 g/mol. The maximum atomic E-state index is 13.8. The Labute approximate surface area is 235 Å². The molecule has 0 radical (unpaired) electrons. The summed E-state index contributed by atoms with van der Waals surface area (Å²) in [6, 6.07) is 24.0. The van der Waals surface area contributed by atoms with Crippen molar-refractivity contribution in [3.63, 3.8) is 0 Å². The third-order valence-corrected chi connectivity index (χ3v) is 10.1. The van der Waals surface area contributed by atoms with E-state index in [0.29, 0.717) is 5.56 Å². The van der Waals surface area contributed by atoms with Crippen molar-refractivity contribution in [3.8, 4) is 0 Å². The topological polar surface area (TPSA) is 83.6 Å². The molecule has 12 heteroatoms. The predicted octanol–water partition coefficient (Wildman–Crippen LogP) is 7.50. The summed E-state index contributed by atoms with van der Waals surface area (Å²) in [6.45, 7) is -0.154. The Morgan fingerprint density at radius 3 is 1.51 bits per heavy atom. The van der Waals surface area contributed by atoms with Gasteiger partial charge in [-0.15, -0.1) is 0 Å². The first kappa shape index (κ1) is 27.6. The molecule has 0 aliphatic carbocycles. The lowest BCUT2D eigenvalue weighted by molar-refractivity contribution is 0.590. The molecule has 4 aromatic carbocycles. The molecule has 0 unspecified atom stereocenters. The summed E-state index contributed by atoms with van der Waals surface area (Å²) in [5.41, 5.74) is 0.173. The summed E-state index contributed by atoms with van der Waals surface area (Å²) in [7, 11) is -8.33. The van der Waals surface area contributed by atoms with Crippen LogP contribution in [-0.4, -0.2) is 16.8 Å². The molecule has 37 heavy (non-hydrogen) atoms. The van der Waals surface area contributed by atoms with Gasteiger partial charge in [-0.2, -0.15) is 0 Å². The van der Waals surface area contributed by atoms with Gasteiger partial charge in [0, 0.05) is 0 Å². The van der Waals surface area contributed by atoms with E-state index in [-0.39, 0.29) is 47.8 Å². The molecule has 0 saturated carbocycles. The zero-order chi connectivity index (χ0) is 26.8. The number of benzene rings is 4. The number of nitrogens with one attached hydrogen (secondary N) is 1. The third-order valence-electron chi connectivity index (χ3n) is 5.28. The van der Waals surface area contributed by atoms with Crippen molar-refractivity contribution >= 4 is 77.8 Å². The summed E-state index contributed by atoms with van der Waals surface area (Å²) in [5.74, 6) is 0.